The van der Waals surface area contributed by atoms with Gasteiger partial charge in [0.05, 0.1) is 29.9 Å². The van der Waals surface area contributed by atoms with Gasteiger partial charge in [-0.2, -0.15) is 5.26 Å². The van der Waals surface area contributed by atoms with Crippen LogP contribution < -0.4 is 21.1 Å². The van der Waals surface area contributed by atoms with E-state index in [9.17, 15) is 14.9 Å². The van der Waals surface area contributed by atoms with Crippen LogP contribution in [0.1, 0.15) is 40.7 Å². The summed E-state index contributed by atoms with van der Waals surface area (Å²) >= 11 is 12.2. The normalized spacial score (nSPS) is 21.6. The van der Waals surface area contributed by atoms with Crippen molar-refractivity contribution < 1.29 is 23.1 Å². The zero-order valence-corrected chi connectivity index (χ0v) is 23.6. The highest BCUT2D eigenvalue weighted by Crippen LogP contribution is 2.52. The van der Waals surface area contributed by atoms with Crippen LogP contribution in [0.4, 0.5) is 14.5 Å². The first-order valence-electron chi connectivity index (χ1n) is 12.4. The van der Waals surface area contributed by atoms with Crippen LogP contribution in [0.25, 0.3) is 0 Å². The van der Waals surface area contributed by atoms with Gasteiger partial charge in [-0.15, -0.1) is 6.58 Å². The van der Waals surface area contributed by atoms with Crippen LogP contribution in [-0.2, 0) is 10.2 Å². The number of methoxy groups -OCH3 is 1. The molecule has 4 rings (SSSR count). The quantitative estimate of drug-likeness (QED) is 0.280. The fourth-order valence-electron chi connectivity index (χ4n) is 5.45. The first-order valence-corrected chi connectivity index (χ1v) is 13.2. The molecule has 0 radical (unpaired) electrons. The summed E-state index contributed by atoms with van der Waals surface area (Å²) in [6, 6.07) is 12.4. The number of nitrogens with two attached hydrogens (primary N) is 1. The van der Waals surface area contributed by atoms with E-state index in [0.29, 0.717) is 5.57 Å². The molecule has 1 aliphatic rings. The Hall–Kier alpha value is -3.97. The third kappa shape index (κ3) is 5.51. The lowest BCUT2D eigenvalue weighted by molar-refractivity contribution is -0.118. The predicted molar refractivity (Wildman–Crippen MR) is 153 cm³/mol. The molecule has 212 valence electrons. The van der Waals surface area contributed by atoms with Crippen LogP contribution in [0.3, 0.4) is 0 Å². The smallest absolute Gasteiger partial charge is 0.248 e. The number of carbonyl (C=O) groups is 2. The Morgan fingerprint density at radius 3 is 2.54 bits per heavy atom. The lowest BCUT2D eigenvalue weighted by Crippen LogP contribution is -2.43. The van der Waals surface area contributed by atoms with E-state index in [4.69, 9.17) is 33.7 Å². The fraction of sp³-hybridized carbons (Fsp3) is 0.233. The molecular weight excluding hydrogens is 573 g/mol. The molecule has 1 aliphatic heterocycles. The lowest BCUT2D eigenvalue weighted by Gasteiger charge is -2.35. The van der Waals surface area contributed by atoms with Crippen molar-refractivity contribution in [3.63, 3.8) is 0 Å². The van der Waals surface area contributed by atoms with E-state index in [1.807, 2.05) is 0 Å². The molecule has 4 atom stereocenters. The maximum absolute atomic E-state index is 15.7. The molecule has 11 heteroatoms. The molecule has 4 N–H and O–H groups in total. The Bertz CT molecular complexity index is 1590. The topological polar surface area (TPSA) is 117 Å². The van der Waals surface area contributed by atoms with E-state index in [1.54, 1.807) is 6.92 Å². The van der Waals surface area contributed by atoms with Crippen molar-refractivity contribution in [3.8, 4) is 11.8 Å². The number of nitrogens with one attached hydrogen (secondary N) is 2. The largest absolute Gasteiger partial charge is 0.495 e. The Balaban J connectivity index is 1.93. The number of hydrogen-bond donors (Lipinski definition) is 3. The van der Waals surface area contributed by atoms with Crippen LogP contribution in [0, 0.1) is 23.0 Å². The van der Waals surface area contributed by atoms with Crippen molar-refractivity contribution in [2.24, 2.45) is 5.73 Å². The first kappa shape index (κ1) is 30.0. The number of rotatable bonds is 8. The molecule has 0 aliphatic carbocycles. The van der Waals surface area contributed by atoms with E-state index in [1.165, 1.54) is 55.6 Å². The van der Waals surface area contributed by atoms with Crippen LogP contribution in [0.5, 0.6) is 5.75 Å². The summed E-state index contributed by atoms with van der Waals surface area (Å²) in [4.78, 5) is 25.6. The van der Waals surface area contributed by atoms with Gasteiger partial charge in [0.1, 0.15) is 22.8 Å². The summed E-state index contributed by atoms with van der Waals surface area (Å²) < 4.78 is 36.7. The lowest BCUT2D eigenvalue weighted by atomic mass is 9.64. The average Bonchev–Trinajstić information content (AvgIpc) is 3.24. The summed E-state index contributed by atoms with van der Waals surface area (Å²) in [7, 11) is 1.35. The second-order valence-electron chi connectivity index (χ2n) is 9.85. The third-order valence-corrected chi connectivity index (χ3v) is 7.74. The molecule has 1 saturated heterocycles. The van der Waals surface area contributed by atoms with Gasteiger partial charge in [-0.1, -0.05) is 47.0 Å². The first-order chi connectivity index (χ1) is 19.4. The summed E-state index contributed by atoms with van der Waals surface area (Å²) in [6.07, 6.45) is 0.161. The van der Waals surface area contributed by atoms with Crippen LogP contribution >= 0.6 is 23.2 Å². The van der Waals surface area contributed by atoms with Gasteiger partial charge >= 0.3 is 0 Å². The number of halogens is 4. The van der Waals surface area contributed by atoms with Crippen molar-refractivity contribution in [1.82, 2.24) is 5.32 Å². The second kappa shape index (κ2) is 11.9. The fourth-order valence-corrected chi connectivity index (χ4v) is 5.79. The Morgan fingerprint density at radius 1 is 1.20 bits per heavy atom. The van der Waals surface area contributed by atoms with Crippen molar-refractivity contribution in [2.45, 2.75) is 36.8 Å². The highest BCUT2D eigenvalue weighted by molar-refractivity contribution is 6.31. The molecule has 1 heterocycles. The summed E-state index contributed by atoms with van der Waals surface area (Å²) in [5.41, 5.74) is 4.43. The number of nitriles is 1. The zero-order valence-electron chi connectivity index (χ0n) is 22.1. The highest BCUT2D eigenvalue weighted by Gasteiger charge is 2.60. The molecule has 0 aromatic heterocycles. The molecule has 1 fully saturated rings. The minimum atomic E-state index is -1.80. The highest BCUT2D eigenvalue weighted by atomic mass is 35.5. The monoisotopic (exact) mass is 598 g/mol. The van der Waals surface area contributed by atoms with E-state index < -0.39 is 46.9 Å². The van der Waals surface area contributed by atoms with Crippen molar-refractivity contribution in [3.05, 3.63) is 105 Å². The van der Waals surface area contributed by atoms with Gasteiger partial charge in [-0.3, -0.25) is 9.59 Å². The Morgan fingerprint density at radius 2 is 1.93 bits per heavy atom. The standard InChI is InChI=1S/C30H26Cl2F2N4O3/c1-15(2)11-24-30(14-35,19-9-8-17(31)13-21(19)33)25(18-5-4-6-20(32)26(18)34)27(38-24)29(40)37-22-10-7-16(28(36)39)12-23(22)41-3/h4-10,12-13,24-25,27,38H,1,11H2,2-3H3,(H2,36,39)(H,37,40)/t24-,25-,27+,30-/m0/s1. The third-order valence-electron chi connectivity index (χ3n) is 7.21. The molecule has 7 nitrogen and oxygen atoms in total. The maximum atomic E-state index is 15.7. The van der Waals surface area contributed by atoms with Gasteiger partial charge in [0.25, 0.3) is 0 Å². The van der Waals surface area contributed by atoms with Crippen LogP contribution in [-0.4, -0.2) is 31.0 Å². The van der Waals surface area contributed by atoms with Crippen molar-refractivity contribution in [1.29, 1.82) is 5.26 Å². The number of primary amides is 1. The minimum Gasteiger partial charge on any atom is -0.495 e. The Kier molecular flexibility index (Phi) is 8.69. The van der Waals surface area contributed by atoms with Crippen LogP contribution in [0.2, 0.25) is 10.0 Å². The van der Waals surface area contributed by atoms with E-state index >= 15 is 8.78 Å². The number of anilines is 1. The predicted octanol–water partition coefficient (Wildman–Crippen LogP) is 5.87. The van der Waals surface area contributed by atoms with E-state index in [2.05, 4.69) is 23.3 Å². The van der Waals surface area contributed by atoms with Crippen molar-refractivity contribution in [2.75, 3.05) is 12.4 Å². The molecular formula is C30H26Cl2F2N4O3. The number of amides is 2. The van der Waals surface area contributed by atoms with Gasteiger partial charge in [-0.25, -0.2) is 8.78 Å². The Labute approximate surface area is 245 Å². The molecule has 0 spiro atoms. The number of ether oxygens (including phenoxy) is 1. The second-order valence-corrected chi connectivity index (χ2v) is 10.7. The summed E-state index contributed by atoms with van der Waals surface area (Å²) in [5.74, 6) is -4.11. The summed E-state index contributed by atoms with van der Waals surface area (Å²) in [5, 5.41) is 16.6. The van der Waals surface area contributed by atoms with Gasteiger partial charge in [0.15, 0.2) is 0 Å². The molecule has 3 aromatic carbocycles. The molecule has 0 saturated carbocycles. The zero-order chi connectivity index (χ0) is 30.1. The summed E-state index contributed by atoms with van der Waals surface area (Å²) in [6.45, 7) is 5.68. The maximum Gasteiger partial charge on any atom is 0.248 e. The number of nitrogens with zero attached hydrogens (tertiary/aromatic N) is 1. The van der Waals surface area contributed by atoms with Crippen LogP contribution in [0.15, 0.2) is 66.7 Å². The average molecular weight is 599 g/mol. The number of benzene rings is 3. The SMILES string of the molecule is C=C(C)C[C@@H]1N[C@@H](C(=O)Nc2ccc(C(N)=O)cc2OC)[C@H](c2cccc(Cl)c2F)[C@@]1(C#N)c1ccc(Cl)cc1F. The van der Waals surface area contributed by atoms with Gasteiger partial charge in [0, 0.05) is 28.1 Å². The van der Waals surface area contributed by atoms with Crippen molar-refractivity contribution >= 4 is 40.7 Å². The number of hydrogen-bond acceptors (Lipinski definition) is 5. The van der Waals surface area contributed by atoms with Gasteiger partial charge < -0.3 is 21.1 Å². The van der Waals surface area contributed by atoms with Gasteiger partial charge in [-0.05, 0) is 55.3 Å². The minimum absolute atomic E-state index is 0.0543. The molecule has 0 unspecified atom stereocenters. The van der Waals surface area contributed by atoms with Gasteiger partial charge in [0.2, 0.25) is 11.8 Å². The number of carbonyl (C=O) groups excluding carboxylic acids is 2. The molecule has 2 amide bonds. The molecule has 0 bridgehead atoms. The van der Waals surface area contributed by atoms with E-state index in [0.717, 1.165) is 6.07 Å². The van der Waals surface area contributed by atoms with E-state index in [-0.39, 0.29) is 44.6 Å². The molecule has 3 aromatic rings. The molecule has 41 heavy (non-hydrogen) atoms.